The van der Waals surface area contributed by atoms with Crippen LogP contribution in [0, 0.1) is 11.3 Å². The number of fused-ring (bicyclic) bond motifs is 1. The van der Waals surface area contributed by atoms with E-state index in [0.717, 1.165) is 24.6 Å². The average Bonchev–Trinajstić information content (AvgIpc) is 2.91. The smallest absolute Gasteiger partial charge is 0.162 e. The van der Waals surface area contributed by atoms with Crippen molar-refractivity contribution in [2.24, 2.45) is 0 Å². The van der Waals surface area contributed by atoms with Crippen LogP contribution < -0.4 is 19.7 Å². The third-order valence-corrected chi connectivity index (χ3v) is 5.52. The van der Waals surface area contributed by atoms with Crippen molar-refractivity contribution < 1.29 is 18.9 Å². The third-order valence-electron chi connectivity index (χ3n) is 5.52. The predicted octanol–water partition coefficient (Wildman–Crippen LogP) is 4.53. The minimum atomic E-state index is 0.235. The molecule has 0 atom stereocenters. The topological polar surface area (TPSA) is 102 Å². The first-order chi connectivity index (χ1) is 17.2. The molecule has 3 aromatic rings. The highest BCUT2D eigenvalue weighted by atomic mass is 16.5. The molecule has 1 aromatic heterocycles. The van der Waals surface area contributed by atoms with Gasteiger partial charge in [-0.2, -0.15) is 5.26 Å². The number of rotatable bonds is 9. The molecule has 0 unspecified atom stereocenters. The molecule has 9 nitrogen and oxygen atoms in total. The van der Waals surface area contributed by atoms with Gasteiger partial charge >= 0.3 is 0 Å². The Bertz CT molecular complexity index is 1280. The maximum absolute atomic E-state index is 9.97. The number of aromatic nitrogens is 2. The molecule has 4 rings (SSSR count). The van der Waals surface area contributed by atoms with Crippen molar-refractivity contribution in [2.45, 2.75) is 6.92 Å². The van der Waals surface area contributed by atoms with Gasteiger partial charge in [0.25, 0.3) is 0 Å². The molecule has 1 aliphatic heterocycles. The molecular weight excluding hydrogens is 446 g/mol. The second kappa shape index (κ2) is 11.2. The number of ether oxygens (including phenoxy) is 4. The summed E-state index contributed by atoms with van der Waals surface area (Å²) in [5.74, 6) is 2.47. The van der Waals surface area contributed by atoms with E-state index in [-0.39, 0.29) is 6.61 Å². The van der Waals surface area contributed by atoms with Gasteiger partial charge in [0, 0.05) is 24.8 Å². The molecule has 1 N–H and O–H groups in total. The third kappa shape index (κ3) is 5.45. The molecule has 1 saturated heterocycles. The Balaban J connectivity index is 1.59. The zero-order valence-corrected chi connectivity index (χ0v) is 19.8. The molecule has 0 amide bonds. The summed E-state index contributed by atoms with van der Waals surface area (Å²) in [5, 5.41) is 13.3. The quantitative estimate of drug-likeness (QED) is 0.449. The number of nitrogens with one attached hydrogen (secondary N) is 1. The number of nitriles is 1. The molecule has 0 spiro atoms. The number of hydrogen-bond acceptors (Lipinski definition) is 9. The molecule has 0 bridgehead atoms. The minimum absolute atomic E-state index is 0.235. The molecule has 0 aliphatic carbocycles. The molecule has 0 saturated carbocycles. The van der Waals surface area contributed by atoms with Crippen molar-refractivity contribution >= 4 is 28.2 Å². The number of allylic oxidation sites excluding steroid dienone is 1. The monoisotopic (exact) mass is 473 g/mol. The van der Waals surface area contributed by atoms with Crippen LogP contribution >= 0.6 is 0 Å². The first-order valence-corrected chi connectivity index (χ1v) is 11.2. The number of morpholine rings is 1. The summed E-state index contributed by atoms with van der Waals surface area (Å²) in [6, 6.07) is 11.4. The van der Waals surface area contributed by atoms with Gasteiger partial charge in [-0.3, -0.25) is 4.98 Å². The van der Waals surface area contributed by atoms with Crippen molar-refractivity contribution in [2.75, 3.05) is 50.2 Å². The summed E-state index contributed by atoms with van der Waals surface area (Å²) in [6.45, 7) is 8.42. The van der Waals surface area contributed by atoms with Gasteiger partial charge in [-0.25, -0.2) is 4.98 Å². The largest absolute Gasteiger partial charge is 0.493 e. The van der Waals surface area contributed by atoms with Crippen molar-refractivity contribution in [3.63, 3.8) is 0 Å². The molecule has 35 heavy (non-hydrogen) atoms. The van der Waals surface area contributed by atoms with Crippen LogP contribution in [-0.2, 0) is 9.47 Å². The van der Waals surface area contributed by atoms with E-state index in [1.54, 1.807) is 31.5 Å². The van der Waals surface area contributed by atoms with Crippen LogP contribution in [0.4, 0.5) is 17.2 Å². The fraction of sp³-hybridized carbons (Fsp3) is 0.269. The van der Waals surface area contributed by atoms with E-state index in [1.807, 2.05) is 25.1 Å². The van der Waals surface area contributed by atoms with Crippen molar-refractivity contribution in [1.82, 2.24) is 9.97 Å². The maximum atomic E-state index is 9.97. The maximum Gasteiger partial charge on any atom is 0.162 e. The first kappa shape index (κ1) is 23.9. The molecule has 9 heteroatoms. The lowest BCUT2D eigenvalue weighted by Gasteiger charge is -2.27. The number of hydrogen-bond donors (Lipinski definition) is 1. The molecule has 2 heterocycles. The van der Waals surface area contributed by atoms with Crippen LogP contribution in [0.3, 0.4) is 0 Å². The van der Waals surface area contributed by atoms with Crippen LogP contribution in [0.15, 0.2) is 61.2 Å². The molecule has 180 valence electrons. The predicted molar refractivity (Wildman–Crippen MR) is 134 cm³/mol. The number of nitrogens with zero attached hydrogens (tertiary/aromatic N) is 4. The van der Waals surface area contributed by atoms with Crippen LogP contribution in [0.25, 0.3) is 11.0 Å². The Morgan fingerprint density at radius 1 is 1.26 bits per heavy atom. The van der Waals surface area contributed by atoms with Crippen LogP contribution in [0.1, 0.15) is 12.5 Å². The van der Waals surface area contributed by atoms with E-state index in [4.69, 9.17) is 23.9 Å². The van der Waals surface area contributed by atoms with Gasteiger partial charge in [0.15, 0.2) is 11.5 Å². The molecular formula is C26H27N5O4. The van der Waals surface area contributed by atoms with Crippen molar-refractivity contribution in [1.29, 1.82) is 5.26 Å². The minimum Gasteiger partial charge on any atom is -0.493 e. The summed E-state index contributed by atoms with van der Waals surface area (Å²) in [7, 11) is 1.57. The Morgan fingerprint density at radius 3 is 2.80 bits per heavy atom. The Morgan fingerprint density at radius 2 is 2.09 bits per heavy atom. The van der Waals surface area contributed by atoms with E-state index in [1.165, 1.54) is 6.26 Å². The van der Waals surface area contributed by atoms with E-state index in [9.17, 15) is 5.26 Å². The normalized spacial score (nSPS) is 13.7. The van der Waals surface area contributed by atoms with E-state index in [2.05, 4.69) is 27.8 Å². The van der Waals surface area contributed by atoms with Gasteiger partial charge in [-0.1, -0.05) is 6.58 Å². The second-order valence-corrected chi connectivity index (χ2v) is 7.61. The summed E-state index contributed by atoms with van der Waals surface area (Å²) >= 11 is 0. The Hall–Kier alpha value is -4.29. The van der Waals surface area contributed by atoms with E-state index in [0.29, 0.717) is 52.8 Å². The fourth-order valence-corrected chi connectivity index (χ4v) is 3.69. The highest BCUT2D eigenvalue weighted by Crippen LogP contribution is 2.33. The number of benzene rings is 2. The zero-order chi connectivity index (χ0) is 24.6. The van der Waals surface area contributed by atoms with E-state index < -0.39 is 0 Å². The van der Waals surface area contributed by atoms with Gasteiger partial charge in [-0.15, -0.1) is 0 Å². The Kier molecular flexibility index (Phi) is 7.65. The zero-order valence-electron chi connectivity index (χ0n) is 19.8. The second-order valence-electron chi connectivity index (χ2n) is 7.61. The average molecular weight is 474 g/mol. The summed E-state index contributed by atoms with van der Waals surface area (Å²) in [4.78, 5) is 11.4. The number of anilines is 3. The molecule has 0 radical (unpaired) electrons. The van der Waals surface area contributed by atoms with Crippen LogP contribution in [0.5, 0.6) is 11.5 Å². The van der Waals surface area contributed by atoms with Gasteiger partial charge in [0.2, 0.25) is 0 Å². The number of methoxy groups -OCH3 is 1. The van der Waals surface area contributed by atoms with Gasteiger partial charge in [0.1, 0.15) is 35.3 Å². The molecule has 1 aliphatic rings. The Labute approximate surface area is 204 Å². The summed E-state index contributed by atoms with van der Waals surface area (Å²) in [6.07, 6.45) is 4.90. The van der Waals surface area contributed by atoms with Crippen molar-refractivity contribution in [3.8, 4) is 17.6 Å². The standard InChI is InChI=1S/C26H27N5O4/c1-4-19(34-5-2)17-35-23-9-6-18(14-24(23)32-3)29-21-7-8-22-26(20(21)15-27)30-25(16-28-22)31-10-12-33-13-11-31/h4-9,14,16,29H,2,10-13,17H2,1,3H3/b19-4-. The van der Waals surface area contributed by atoms with Gasteiger partial charge in [0.05, 0.1) is 44.0 Å². The lowest BCUT2D eigenvalue weighted by molar-refractivity contribution is 0.122. The lowest BCUT2D eigenvalue weighted by atomic mass is 10.1. The fourth-order valence-electron chi connectivity index (χ4n) is 3.69. The lowest BCUT2D eigenvalue weighted by Crippen LogP contribution is -2.36. The molecule has 2 aromatic carbocycles. The van der Waals surface area contributed by atoms with Crippen molar-refractivity contribution in [3.05, 3.63) is 66.8 Å². The highest BCUT2D eigenvalue weighted by molar-refractivity contribution is 5.89. The summed E-state index contributed by atoms with van der Waals surface area (Å²) < 4.78 is 22.1. The summed E-state index contributed by atoms with van der Waals surface area (Å²) in [5.41, 5.74) is 2.99. The SMILES string of the molecule is C=CO/C(=C\C)COc1ccc(Nc2ccc3ncc(N4CCOCC4)nc3c2C#N)cc1OC. The van der Waals surface area contributed by atoms with Gasteiger partial charge < -0.3 is 29.2 Å². The highest BCUT2D eigenvalue weighted by Gasteiger charge is 2.17. The van der Waals surface area contributed by atoms with Crippen LogP contribution in [0.2, 0.25) is 0 Å². The van der Waals surface area contributed by atoms with E-state index >= 15 is 0 Å². The first-order valence-electron chi connectivity index (χ1n) is 11.2. The van der Waals surface area contributed by atoms with Crippen LogP contribution in [-0.4, -0.2) is 50.0 Å². The van der Waals surface area contributed by atoms with Gasteiger partial charge in [-0.05, 0) is 37.3 Å². The molecule has 1 fully saturated rings.